The molecule has 5 heteroatoms. The molecule has 162 valence electrons. The van der Waals surface area contributed by atoms with Gasteiger partial charge < -0.3 is 4.74 Å². The Morgan fingerprint density at radius 1 is 0.909 bits per heavy atom. The number of amides is 1. The van der Waals surface area contributed by atoms with E-state index in [1.165, 1.54) is 22.5 Å². The summed E-state index contributed by atoms with van der Waals surface area (Å²) in [5.41, 5.74) is 3.77. The number of nitrogens with zero attached hydrogens (tertiary/aromatic N) is 1. The van der Waals surface area contributed by atoms with E-state index in [0.717, 1.165) is 28.1 Å². The second kappa shape index (κ2) is 9.22. The van der Waals surface area contributed by atoms with Crippen LogP contribution in [0.5, 0.6) is 5.75 Å². The van der Waals surface area contributed by atoms with Crippen LogP contribution in [0.1, 0.15) is 16.7 Å². The van der Waals surface area contributed by atoms with Gasteiger partial charge in [-0.15, -0.1) is 0 Å². The molecule has 0 spiro atoms. The molecule has 1 aliphatic rings. The van der Waals surface area contributed by atoms with E-state index in [9.17, 15) is 4.79 Å². The molecule has 5 rings (SSSR count). The molecule has 0 aliphatic carbocycles. The first kappa shape index (κ1) is 21.4. The number of hydrogen-bond donors (Lipinski definition) is 0. The fraction of sp³-hybridized carbons (Fsp3) is 0.0714. The van der Waals surface area contributed by atoms with Crippen molar-refractivity contribution in [3.8, 4) is 5.75 Å². The van der Waals surface area contributed by atoms with Crippen LogP contribution in [-0.2, 0) is 11.4 Å². The Hall–Kier alpha value is -3.41. The van der Waals surface area contributed by atoms with Gasteiger partial charge in [0.1, 0.15) is 12.4 Å². The minimum Gasteiger partial charge on any atom is -0.488 e. The van der Waals surface area contributed by atoms with Gasteiger partial charge in [-0.1, -0.05) is 96.8 Å². The lowest BCUT2D eigenvalue weighted by Gasteiger charge is -2.16. The van der Waals surface area contributed by atoms with E-state index in [-0.39, 0.29) is 5.91 Å². The fourth-order valence-corrected chi connectivity index (χ4v) is 5.13. The first-order chi connectivity index (χ1) is 16.1. The van der Waals surface area contributed by atoms with E-state index < -0.39 is 0 Å². The molecule has 1 fully saturated rings. The van der Waals surface area contributed by atoms with Crippen LogP contribution >= 0.6 is 24.0 Å². The van der Waals surface area contributed by atoms with Crippen molar-refractivity contribution < 1.29 is 9.53 Å². The van der Waals surface area contributed by atoms with Crippen molar-refractivity contribution in [2.75, 3.05) is 4.90 Å². The maximum atomic E-state index is 13.2. The highest BCUT2D eigenvalue weighted by molar-refractivity contribution is 8.27. The van der Waals surface area contributed by atoms with Gasteiger partial charge in [-0.2, -0.15) is 0 Å². The largest absolute Gasteiger partial charge is 0.488 e. The zero-order valence-electron chi connectivity index (χ0n) is 18.0. The average Bonchev–Trinajstić information content (AvgIpc) is 3.11. The van der Waals surface area contributed by atoms with E-state index in [0.29, 0.717) is 15.8 Å². The smallest absolute Gasteiger partial charge is 0.270 e. The second-order valence-electron chi connectivity index (χ2n) is 7.81. The van der Waals surface area contributed by atoms with Gasteiger partial charge in [0.15, 0.2) is 4.32 Å². The SMILES string of the molecule is Cc1ccccc1N1C(=O)/C(=C/c2ccccc2OCc2ccc3ccccc3c2)SC1=S. The summed E-state index contributed by atoms with van der Waals surface area (Å²) in [5, 5.41) is 2.39. The van der Waals surface area contributed by atoms with Crippen molar-refractivity contribution in [2.24, 2.45) is 0 Å². The van der Waals surface area contributed by atoms with Crippen LogP contribution in [0, 0.1) is 6.92 Å². The van der Waals surface area contributed by atoms with Gasteiger partial charge >= 0.3 is 0 Å². The molecule has 0 radical (unpaired) electrons. The molecule has 1 saturated heterocycles. The predicted molar refractivity (Wildman–Crippen MR) is 142 cm³/mol. The number of carbonyl (C=O) groups excluding carboxylic acids is 1. The Balaban J connectivity index is 1.39. The molecule has 0 saturated carbocycles. The maximum absolute atomic E-state index is 13.2. The third kappa shape index (κ3) is 4.42. The summed E-state index contributed by atoms with van der Waals surface area (Å²) in [4.78, 5) is 15.4. The molecular weight excluding hydrogens is 446 g/mol. The normalized spacial score (nSPS) is 14.9. The average molecular weight is 468 g/mol. The van der Waals surface area contributed by atoms with Gasteiger partial charge in [-0.25, -0.2) is 0 Å². The second-order valence-corrected chi connectivity index (χ2v) is 9.49. The van der Waals surface area contributed by atoms with Crippen LogP contribution in [0.4, 0.5) is 5.69 Å². The monoisotopic (exact) mass is 467 g/mol. The van der Waals surface area contributed by atoms with Gasteiger partial charge in [-0.05, 0) is 53.1 Å². The summed E-state index contributed by atoms with van der Waals surface area (Å²) < 4.78 is 6.70. The molecule has 0 bridgehead atoms. The quantitative estimate of drug-likeness (QED) is 0.231. The number of hydrogen-bond acceptors (Lipinski definition) is 4. The van der Waals surface area contributed by atoms with Crippen LogP contribution in [0.15, 0.2) is 95.9 Å². The summed E-state index contributed by atoms with van der Waals surface area (Å²) in [6.07, 6.45) is 1.87. The molecule has 3 nitrogen and oxygen atoms in total. The van der Waals surface area contributed by atoms with Crippen LogP contribution in [0.2, 0.25) is 0 Å². The standard InChI is InChI=1S/C28H21NO2S2/c1-19-8-2-6-12-24(19)29-27(30)26(33-28(29)32)17-23-11-5-7-13-25(23)31-18-20-14-15-21-9-3-4-10-22(21)16-20/h2-17H,18H2,1H3/b26-17-. The zero-order valence-corrected chi connectivity index (χ0v) is 19.7. The first-order valence-electron chi connectivity index (χ1n) is 10.6. The molecule has 0 aromatic heterocycles. The van der Waals surface area contributed by atoms with Crippen LogP contribution in [0.25, 0.3) is 16.8 Å². The van der Waals surface area contributed by atoms with E-state index in [1.54, 1.807) is 4.90 Å². The summed E-state index contributed by atoms with van der Waals surface area (Å²) in [7, 11) is 0. The van der Waals surface area contributed by atoms with Crippen molar-refractivity contribution in [3.05, 3.63) is 113 Å². The molecule has 1 heterocycles. The number of aryl methyl sites for hydroxylation is 1. The van der Waals surface area contributed by atoms with Crippen LogP contribution in [-0.4, -0.2) is 10.2 Å². The van der Waals surface area contributed by atoms with Gasteiger partial charge in [0, 0.05) is 5.56 Å². The van der Waals surface area contributed by atoms with Gasteiger partial charge in [0.25, 0.3) is 5.91 Å². The number of ether oxygens (including phenoxy) is 1. The Labute approximate surface area is 202 Å². The van der Waals surface area contributed by atoms with Crippen LogP contribution in [0.3, 0.4) is 0 Å². The van der Waals surface area contributed by atoms with Crippen molar-refractivity contribution >= 4 is 56.7 Å². The molecule has 4 aromatic carbocycles. The lowest BCUT2D eigenvalue weighted by atomic mass is 10.1. The fourth-order valence-electron chi connectivity index (χ4n) is 3.85. The Kier molecular flexibility index (Phi) is 5.99. The number of fused-ring (bicyclic) bond motifs is 1. The number of thioether (sulfide) groups is 1. The van der Waals surface area contributed by atoms with Gasteiger partial charge in [0.2, 0.25) is 0 Å². The van der Waals surface area contributed by atoms with E-state index in [1.807, 2.05) is 73.7 Å². The van der Waals surface area contributed by atoms with E-state index in [2.05, 4.69) is 30.3 Å². The third-order valence-electron chi connectivity index (χ3n) is 5.56. The number of carbonyl (C=O) groups is 1. The Morgan fingerprint density at radius 2 is 1.64 bits per heavy atom. The lowest BCUT2D eigenvalue weighted by molar-refractivity contribution is -0.113. The predicted octanol–water partition coefficient (Wildman–Crippen LogP) is 7.13. The van der Waals surface area contributed by atoms with Crippen molar-refractivity contribution in [1.29, 1.82) is 0 Å². The van der Waals surface area contributed by atoms with E-state index in [4.69, 9.17) is 17.0 Å². The van der Waals surface area contributed by atoms with Crippen molar-refractivity contribution in [3.63, 3.8) is 0 Å². The number of thiocarbonyl (C=S) groups is 1. The molecule has 0 atom stereocenters. The molecule has 0 unspecified atom stereocenters. The summed E-state index contributed by atoms with van der Waals surface area (Å²) in [6, 6.07) is 30.1. The lowest BCUT2D eigenvalue weighted by Crippen LogP contribution is -2.28. The third-order valence-corrected chi connectivity index (χ3v) is 6.87. The molecule has 4 aromatic rings. The first-order valence-corrected chi connectivity index (χ1v) is 11.9. The molecule has 0 N–H and O–H groups in total. The highest BCUT2D eigenvalue weighted by Gasteiger charge is 2.34. The molecule has 33 heavy (non-hydrogen) atoms. The molecule has 1 amide bonds. The summed E-state index contributed by atoms with van der Waals surface area (Å²) in [5.74, 6) is 0.621. The summed E-state index contributed by atoms with van der Waals surface area (Å²) in [6.45, 7) is 2.42. The van der Waals surface area contributed by atoms with Crippen molar-refractivity contribution in [2.45, 2.75) is 13.5 Å². The number of para-hydroxylation sites is 2. The summed E-state index contributed by atoms with van der Waals surface area (Å²) >= 11 is 6.85. The minimum absolute atomic E-state index is 0.108. The Bertz CT molecular complexity index is 1410. The topological polar surface area (TPSA) is 29.5 Å². The number of benzene rings is 4. The van der Waals surface area contributed by atoms with Crippen LogP contribution < -0.4 is 9.64 Å². The Morgan fingerprint density at radius 3 is 2.48 bits per heavy atom. The highest BCUT2D eigenvalue weighted by Crippen LogP contribution is 2.38. The number of anilines is 1. The number of rotatable bonds is 5. The molecule has 1 aliphatic heterocycles. The molecular formula is C28H21NO2S2. The van der Waals surface area contributed by atoms with E-state index >= 15 is 0 Å². The van der Waals surface area contributed by atoms with Crippen molar-refractivity contribution in [1.82, 2.24) is 0 Å². The van der Waals surface area contributed by atoms with Gasteiger partial charge in [0.05, 0.1) is 10.6 Å². The highest BCUT2D eigenvalue weighted by atomic mass is 32.2. The van der Waals surface area contributed by atoms with Gasteiger partial charge in [-0.3, -0.25) is 9.69 Å². The maximum Gasteiger partial charge on any atom is 0.270 e. The zero-order chi connectivity index (χ0) is 22.8. The minimum atomic E-state index is -0.108.